The zero-order chi connectivity index (χ0) is 13.8. The number of nitrogens with one attached hydrogen (secondary N) is 1. The van der Waals surface area contributed by atoms with E-state index < -0.39 is 18.0 Å². The molecule has 0 amide bonds. The van der Waals surface area contributed by atoms with Gasteiger partial charge in [0.1, 0.15) is 0 Å². The van der Waals surface area contributed by atoms with Gasteiger partial charge in [-0.3, -0.25) is 11.3 Å². The molecule has 0 heterocycles. The molecule has 0 aliphatic heterocycles. The fourth-order valence-electron chi connectivity index (χ4n) is 2.87. The third-order valence-electron chi connectivity index (χ3n) is 3.85. The fourth-order valence-corrected chi connectivity index (χ4v) is 2.87. The Balaban J connectivity index is 2.70. The van der Waals surface area contributed by atoms with Crippen LogP contribution in [-0.2, 0) is 0 Å². The van der Waals surface area contributed by atoms with Crippen LogP contribution in [0.4, 0.5) is 13.2 Å². The van der Waals surface area contributed by atoms with E-state index in [1.807, 2.05) is 6.92 Å². The molecule has 3 N–H and O–H groups in total. The van der Waals surface area contributed by atoms with Crippen molar-refractivity contribution in [2.45, 2.75) is 57.7 Å². The van der Waals surface area contributed by atoms with Crippen LogP contribution in [0.1, 0.15) is 45.4 Å². The molecule has 5 heteroatoms. The summed E-state index contributed by atoms with van der Waals surface area (Å²) in [4.78, 5) is 0. The molecule has 0 bridgehead atoms. The van der Waals surface area contributed by atoms with Crippen molar-refractivity contribution in [3.63, 3.8) is 0 Å². The lowest BCUT2D eigenvalue weighted by Gasteiger charge is -2.38. The van der Waals surface area contributed by atoms with Gasteiger partial charge in [0.15, 0.2) is 0 Å². The van der Waals surface area contributed by atoms with E-state index in [2.05, 4.69) is 12.0 Å². The van der Waals surface area contributed by atoms with Crippen molar-refractivity contribution in [3.05, 3.63) is 12.2 Å². The van der Waals surface area contributed by atoms with Crippen molar-refractivity contribution in [2.75, 3.05) is 0 Å². The number of hydrazine groups is 1. The molecule has 3 atom stereocenters. The second kappa shape index (κ2) is 6.57. The van der Waals surface area contributed by atoms with Gasteiger partial charge in [-0.1, -0.05) is 18.4 Å². The first kappa shape index (κ1) is 15.5. The molecule has 1 rings (SSSR count). The molecule has 1 aliphatic rings. The van der Waals surface area contributed by atoms with Gasteiger partial charge in [-0.25, -0.2) is 0 Å². The molecular weight excluding hydrogens is 241 g/mol. The number of nitrogens with two attached hydrogens (primary N) is 1. The van der Waals surface area contributed by atoms with E-state index in [1.54, 1.807) is 0 Å². The van der Waals surface area contributed by atoms with Crippen LogP contribution in [0, 0.1) is 11.8 Å². The van der Waals surface area contributed by atoms with Gasteiger partial charge in [0, 0.05) is 6.04 Å². The Bertz CT molecular complexity index is 276. The summed E-state index contributed by atoms with van der Waals surface area (Å²) < 4.78 is 39.0. The van der Waals surface area contributed by atoms with E-state index in [9.17, 15) is 13.2 Å². The SMILES string of the molecule is C=C(C)CCC(NN)C1CCCCC1C(F)(F)F. The van der Waals surface area contributed by atoms with Crippen molar-refractivity contribution >= 4 is 0 Å². The summed E-state index contributed by atoms with van der Waals surface area (Å²) in [5.74, 6) is 3.84. The van der Waals surface area contributed by atoms with Gasteiger partial charge in [0.05, 0.1) is 5.92 Å². The van der Waals surface area contributed by atoms with Crippen LogP contribution in [-0.4, -0.2) is 12.2 Å². The zero-order valence-corrected chi connectivity index (χ0v) is 10.9. The van der Waals surface area contributed by atoms with E-state index in [0.717, 1.165) is 18.4 Å². The fraction of sp³-hybridized carbons (Fsp3) is 0.846. The van der Waals surface area contributed by atoms with Crippen molar-refractivity contribution in [1.29, 1.82) is 0 Å². The molecule has 0 aromatic carbocycles. The van der Waals surface area contributed by atoms with Gasteiger partial charge < -0.3 is 0 Å². The number of rotatable bonds is 5. The second-order valence-corrected chi connectivity index (χ2v) is 5.37. The molecule has 1 saturated carbocycles. The van der Waals surface area contributed by atoms with Crippen LogP contribution in [0.15, 0.2) is 12.2 Å². The molecule has 0 spiro atoms. The highest BCUT2D eigenvalue weighted by Gasteiger charge is 2.47. The lowest BCUT2D eigenvalue weighted by molar-refractivity contribution is -0.199. The summed E-state index contributed by atoms with van der Waals surface area (Å²) in [7, 11) is 0. The number of alkyl halides is 3. The second-order valence-electron chi connectivity index (χ2n) is 5.37. The molecule has 0 radical (unpaired) electrons. The summed E-state index contributed by atoms with van der Waals surface area (Å²) >= 11 is 0. The first-order valence-corrected chi connectivity index (χ1v) is 6.53. The average Bonchev–Trinajstić information content (AvgIpc) is 2.29. The van der Waals surface area contributed by atoms with E-state index >= 15 is 0 Å². The summed E-state index contributed by atoms with van der Waals surface area (Å²) in [6.07, 6.45) is -0.391. The minimum atomic E-state index is -4.11. The summed E-state index contributed by atoms with van der Waals surface area (Å²) in [5, 5.41) is 0. The lowest BCUT2D eigenvalue weighted by Crippen LogP contribution is -2.48. The Labute approximate surface area is 107 Å². The first-order chi connectivity index (χ1) is 8.36. The van der Waals surface area contributed by atoms with Crippen molar-refractivity contribution < 1.29 is 13.2 Å². The monoisotopic (exact) mass is 264 g/mol. The normalized spacial score (nSPS) is 26.9. The Morgan fingerprint density at radius 1 is 1.39 bits per heavy atom. The van der Waals surface area contributed by atoms with Crippen LogP contribution in [0.25, 0.3) is 0 Å². The van der Waals surface area contributed by atoms with E-state index in [4.69, 9.17) is 5.84 Å². The van der Waals surface area contributed by atoms with Gasteiger partial charge in [0.2, 0.25) is 0 Å². The average molecular weight is 264 g/mol. The van der Waals surface area contributed by atoms with Gasteiger partial charge >= 0.3 is 6.18 Å². The number of hydrogen-bond donors (Lipinski definition) is 2. The highest BCUT2D eigenvalue weighted by Crippen LogP contribution is 2.43. The molecule has 106 valence electrons. The quantitative estimate of drug-likeness (QED) is 0.453. The number of halogens is 3. The van der Waals surface area contributed by atoms with E-state index in [-0.39, 0.29) is 12.5 Å². The first-order valence-electron chi connectivity index (χ1n) is 6.53. The Hall–Kier alpha value is -0.550. The lowest BCUT2D eigenvalue weighted by atomic mass is 9.73. The molecule has 0 aromatic heterocycles. The Morgan fingerprint density at radius 2 is 2.00 bits per heavy atom. The number of hydrogen-bond acceptors (Lipinski definition) is 2. The highest BCUT2D eigenvalue weighted by molar-refractivity contribution is 4.93. The predicted octanol–water partition coefficient (Wildman–Crippen LogP) is 3.54. The molecule has 1 fully saturated rings. The smallest absolute Gasteiger partial charge is 0.271 e. The summed E-state index contributed by atoms with van der Waals surface area (Å²) in [6.45, 7) is 5.67. The third-order valence-corrected chi connectivity index (χ3v) is 3.85. The molecule has 1 aliphatic carbocycles. The van der Waals surface area contributed by atoms with Crippen molar-refractivity contribution in [1.82, 2.24) is 5.43 Å². The third kappa shape index (κ3) is 4.28. The largest absolute Gasteiger partial charge is 0.392 e. The summed E-state index contributed by atoms with van der Waals surface area (Å²) in [5.41, 5.74) is 3.57. The van der Waals surface area contributed by atoms with Crippen LogP contribution in [0.2, 0.25) is 0 Å². The molecular formula is C13H23F3N2. The van der Waals surface area contributed by atoms with Gasteiger partial charge in [-0.05, 0) is 38.5 Å². The van der Waals surface area contributed by atoms with Crippen LogP contribution < -0.4 is 11.3 Å². The molecule has 18 heavy (non-hydrogen) atoms. The van der Waals surface area contributed by atoms with Crippen LogP contribution >= 0.6 is 0 Å². The van der Waals surface area contributed by atoms with E-state index in [1.165, 1.54) is 0 Å². The maximum absolute atomic E-state index is 13.0. The van der Waals surface area contributed by atoms with Gasteiger partial charge in [0.25, 0.3) is 0 Å². The Kier molecular flexibility index (Phi) is 5.66. The molecule has 3 unspecified atom stereocenters. The zero-order valence-electron chi connectivity index (χ0n) is 10.9. The van der Waals surface area contributed by atoms with Crippen molar-refractivity contribution in [2.24, 2.45) is 17.7 Å². The van der Waals surface area contributed by atoms with Crippen molar-refractivity contribution in [3.8, 4) is 0 Å². The highest BCUT2D eigenvalue weighted by atomic mass is 19.4. The minimum absolute atomic E-state index is 0.236. The van der Waals surface area contributed by atoms with Crippen LogP contribution in [0.5, 0.6) is 0 Å². The maximum Gasteiger partial charge on any atom is 0.392 e. The standard InChI is InChI=1S/C13H23F3N2/c1-9(2)7-8-12(18-17)10-5-3-4-6-11(10)13(14,15)16/h10-12,18H,1,3-8,17H2,2H3. The maximum atomic E-state index is 13.0. The minimum Gasteiger partial charge on any atom is -0.271 e. The Morgan fingerprint density at radius 3 is 2.50 bits per heavy atom. The van der Waals surface area contributed by atoms with Gasteiger partial charge in [-0.15, -0.1) is 6.58 Å². The molecule has 0 aromatic rings. The molecule has 0 saturated heterocycles. The summed E-state index contributed by atoms with van der Waals surface area (Å²) in [6, 6.07) is -0.270. The van der Waals surface area contributed by atoms with Crippen LogP contribution in [0.3, 0.4) is 0 Å². The predicted molar refractivity (Wildman–Crippen MR) is 66.7 cm³/mol. The topological polar surface area (TPSA) is 38.0 Å². The molecule has 2 nitrogen and oxygen atoms in total. The van der Waals surface area contributed by atoms with Gasteiger partial charge in [-0.2, -0.15) is 13.2 Å². The number of allylic oxidation sites excluding steroid dienone is 1. The van der Waals surface area contributed by atoms with E-state index in [0.29, 0.717) is 19.3 Å².